The summed E-state index contributed by atoms with van der Waals surface area (Å²) in [6, 6.07) is 10.5. The molecule has 0 bridgehead atoms. The van der Waals surface area contributed by atoms with E-state index < -0.39 is 0 Å². The maximum absolute atomic E-state index is 13.1. The lowest BCUT2D eigenvalue weighted by Gasteiger charge is -2.37. The van der Waals surface area contributed by atoms with E-state index in [2.05, 4.69) is 26.0 Å². The van der Waals surface area contributed by atoms with Crippen molar-refractivity contribution < 1.29 is 4.79 Å². The molecule has 2 rings (SSSR count). The Morgan fingerprint density at radius 1 is 1.29 bits per heavy atom. The van der Waals surface area contributed by atoms with Crippen LogP contribution < -0.4 is 5.73 Å². The van der Waals surface area contributed by atoms with Crippen LogP contribution in [0.3, 0.4) is 0 Å². The molecule has 0 spiro atoms. The summed E-state index contributed by atoms with van der Waals surface area (Å²) in [5.74, 6) is 0.265. The van der Waals surface area contributed by atoms with Crippen molar-refractivity contribution in [3.63, 3.8) is 0 Å². The molecule has 0 radical (unpaired) electrons. The lowest BCUT2D eigenvalue weighted by Crippen LogP contribution is -2.49. The number of hydrogen-bond donors (Lipinski definition) is 1. The largest absolute Gasteiger partial charge is 0.335 e. The predicted molar refractivity (Wildman–Crippen MR) is 86.7 cm³/mol. The molecule has 3 nitrogen and oxygen atoms in total. The molecule has 0 aromatic heterocycles. The van der Waals surface area contributed by atoms with Crippen molar-refractivity contribution >= 4 is 5.91 Å². The summed E-state index contributed by atoms with van der Waals surface area (Å²) in [5.41, 5.74) is 6.88. The van der Waals surface area contributed by atoms with Crippen LogP contribution in [0.2, 0.25) is 0 Å². The van der Waals surface area contributed by atoms with Gasteiger partial charge in [-0.3, -0.25) is 4.79 Å². The number of nitrogens with two attached hydrogens (primary N) is 1. The van der Waals surface area contributed by atoms with Gasteiger partial charge < -0.3 is 10.6 Å². The summed E-state index contributed by atoms with van der Waals surface area (Å²) < 4.78 is 0. The van der Waals surface area contributed by atoms with Gasteiger partial charge in [0.2, 0.25) is 5.91 Å². The summed E-state index contributed by atoms with van der Waals surface area (Å²) >= 11 is 0. The Labute approximate surface area is 128 Å². The monoisotopic (exact) mass is 288 g/mol. The van der Waals surface area contributed by atoms with Gasteiger partial charge in [0.1, 0.15) is 0 Å². The van der Waals surface area contributed by atoms with Gasteiger partial charge in [-0.15, -0.1) is 0 Å². The second-order valence-corrected chi connectivity index (χ2v) is 6.37. The minimum absolute atomic E-state index is 0.252. The van der Waals surface area contributed by atoms with E-state index in [0.717, 1.165) is 32.1 Å². The highest BCUT2D eigenvalue weighted by Crippen LogP contribution is 2.39. The average molecular weight is 288 g/mol. The first-order valence-electron chi connectivity index (χ1n) is 8.18. The maximum Gasteiger partial charge on any atom is 0.230 e. The second kappa shape index (κ2) is 7.08. The van der Waals surface area contributed by atoms with Crippen molar-refractivity contribution in [3.05, 3.63) is 35.9 Å². The fourth-order valence-electron chi connectivity index (χ4n) is 3.29. The fraction of sp³-hybridized carbons (Fsp3) is 0.611. The molecule has 1 atom stereocenters. The first-order valence-corrected chi connectivity index (χ1v) is 8.18. The minimum atomic E-state index is -0.307. The number of rotatable bonds is 6. The Hall–Kier alpha value is -1.35. The van der Waals surface area contributed by atoms with Crippen LogP contribution in [0.1, 0.15) is 51.5 Å². The Morgan fingerprint density at radius 2 is 1.90 bits per heavy atom. The van der Waals surface area contributed by atoms with E-state index in [1.54, 1.807) is 0 Å². The third-order valence-electron chi connectivity index (χ3n) is 4.98. The SMILES string of the molecule is CCC(C)N(Cc1ccccc1)C(=O)C1(CN)CCCC1. The second-order valence-electron chi connectivity index (χ2n) is 6.37. The number of benzene rings is 1. The zero-order valence-electron chi connectivity index (χ0n) is 13.3. The van der Waals surface area contributed by atoms with Crippen molar-refractivity contribution in [2.45, 2.75) is 58.5 Å². The van der Waals surface area contributed by atoms with E-state index in [4.69, 9.17) is 5.73 Å². The van der Waals surface area contributed by atoms with E-state index in [-0.39, 0.29) is 17.4 Å². The Kier molecular flexibility index (Phi) is 5.40. The highest BCUT2D eigenvalue weighted by molar-refractivity contribution is 5.83. The van der Waals surface area contributed by atoms with Gasteiger partial charge in [-0.1, -0.05) is 50.1 Å². The van der Waals surface area contributed by atoms with Gasteiger partial charge in [-0.25, -0.2) is 0 Å². The fourth-order valence-corrected chi connectivity index (χ4v) is 3.29. The number of amides is 1. The Morgan fingerprint density at radius 3 is 2.43 bits per heavy atom. The molecular formula is C18H28N2O. The minimum Gasteiger partial charge on any atom is -0.335 e. The molecule has 1 amide bonds. The van der Waals surface area contributed by atoms with Gasteiger partial charge in [-0.05, 0) is 31.7 Å². The molecule has 1 aliphatic carbocycles. The molecule has 1 aliphatic rings. The van der Waals surface area contributed by atoms with E-state index >= 15 is 0 Å². The molecule has 1 fully saturated rings. The van der Waals surface area contributed by atoms with Gasteiger partial charge in [-0.2, -0.15) is 0 Å². The van der Waals surface area contributed by atoms with Crippen molar-refractivity contribution in [2.24, 2.45) is 11.1 Å². The van der Waals surface area contributed by atoms with Crippen LogP contribution in [-0.2, 0) is 11.3 Å². The summed E-state index contributed by atoms with van der Waals surface area (Å²) in [4.78, 5) is 15.2. The lowest BCUT2D eigenvalue weighted by molar-refractivity contribution is -0.144. The third-order valence-corrected chi connectivity index (χ3v) is 4.98. The number of carbonyl (C=O) groups excluding carboxylic acids is 1. The molecule has 1 unspecified atom stereocenters. The number of nitrogens with zero attached hydrogens (tertiary/aromatic N) is 1. The summed E-state index contributed by atoms with van der Waals surface area (Å²) in [6.45, 7) is 5.45. The zero-order chi connectivity index (χ0) is 15.3. The highest BCUT2D eigenvalue weighted by Gasteiger charge is 2.43. The lowest BCUT2D eigenvalue weighted by atomic mass is 9.84. The molecule has 1 saturated carbocycles. The zero-order valence-corrected chi connectivity index (χ0v) is 13.3. The summed E-state index contributed by atoms with van der Waals surface area (Å²) in [6.07, 6.45) is 5.12. The summed E-state index contributed by atoms with van der Waals surface area (Å²) in [5, 5.41) is 0. The van der Waals surface area contributed by atoms with Crippen LogP contribution in [0.5, 0.6) is 0 Å². The Balaban J connectivity index is 2.21. The molecule has 1 aromatic carbocycles. The maximum atomic E-state index is 13.1. The van der Waals surface area contributed by atoms with E-state index in [9.17, 15) is 4.79 Å². The van der Waals surface area contributed by atoms with Gasteiger partial charge in [0.05, 0.1) is 5.41 Å². The first kappa shape index (κ1) is 16.0. The number of hydrogen-bond acceptors (Lipinski definition) is 2. The van der Waals surface area contributed by atoms with Crippen LogP contribution >= 0.6 is 0 Å². The topological polar surface area (TPSA) is 46.3 Å². The first-order chi connectivity index (χ1) is 10.1. The van der Waals surface area contributed by atoms with E-state index in [1.807, 2.05) is 23.1 Å². The van der Waals surface area contributed by atoms with Crippen LogP contribution in [-0.4, -0.2) is 23.4 Å². The molecule has 21 heavy (non-hydrogen) atoms. The van der Waals surface area contributed by atoms with Crippen molar-refractivity contribution in [1.82, 2.24) is 4.90 Å². The molecule has 0 heterocycles. The molecule has 116 valence electrons. The molecule has 0 saturated heterocycles. The predicted octanol–water partition coefficient (Wildman–Crippen LogP) is 3.33. The smallest absolute Gasteiger partial charge is 0.230 e. The van der Waals surface area contributed by atoms with Gasteiger partial charge in [0, 0.05) is 19.1 Å². The quantitative estimate of drug-likeness (QED) is 0.872. The van der Waals surface area contributed by atoms with E-state index in [1.165, 1.54) is 5.56 Å². The summed E-state index contributed by atoms with van der Waals surface area (Å²) in [7, 11) is 0. The van der Waals surface area contributed by atoms with Gasteiger partial charge >= 0.3 is 0 Å². The van der Waals surface area contributed by atoms with Crippen LogP contribution in [0.15, 0.2) is 30.3 Å². The molecule has 1 aromatic rings. The molecule has 3 heteroatoms. The normalized spacial score (nSPS) is 18.4. The van der Waals surface area contributed by atoms with Crippen molar-refractivity contribution in [2.75, 3.05) is 6.54 Å². The van der Waals surface area contributed by atoms with Crippen molar-refractivity contribution in [1.29, 1.82) is 0 Å². The van der Waals surface area contributed by atoms with Crippen LogP contribution in [0.4, 0.5) is 0 Å². The molecule has 2 N–H and O–H groups in total. The van der Waals surface area contributed by atoms with Crippen LogP contribution in [0.25, 0.3) is 0 Å². The Bertz CT molecular complexity index is 452. The van der Waals surface area contributed by atoms with Crippen molar-refractivity contribution in [3.8, 4) is 0 Å². The van der Waals surface area contributed by atoms with Gasteiger partial charge in [0.25, 0.3) is 0 Å². The average Bonchev–Trinajstić information content (AvgIpc) is 3.02. The standard InChI is InChI=1S/C18H28N2O/c1-3-15(2)20(13-16-9-5-4-6-10-16)17(21)18(14-19)11-7-8-12-18/h4-6,9-10,15H,3,7-8,11-14,19H2,1-2H3. The van der Waals surface area contributed by atoms with Crippen LogP contribution in [0, 0.1) is 5.41 Å². The van der Waals surface area contributed by atoms with E-state index in [0.29, 0.717) is 13.1 Å². The molecular weight excluding hydrogens is 260 g/mol. The molecule has 0 aliphatic heterocycles. The number of carbonyl (C=O) groups is 1. The highest BCUT2D eigenvalue weighted by atomic mass is 16.2. The van der Waals surface area contributed by atoms with Gasteiger partial charge in [0.15, 0.2) is 0 Å². The third kappa shape index (κ3) is 3.46.